The van der Waals surface area contributed by atoms with Gasteiger partial charge in [-0.25, -0.2) is 4.79 Å². The molecule has 10 unspecified atom stereocenters. The topological polar surface area (TPSA) is 243 Å². The van der Waals surface area contributed by atoms with Crippen LogP contribution in [0.4, 0.5) is 0 Å². The Kier molecular flexibility index (Phi) is 12.6. The normalized spacial score (nSPS) is 29.6. The summed E-state index contributed by atoms with van der Waals surface area (Å²) in [5, 5.41) is 63.9. The zero-order chi connectivity index (χ0) is 38.6. The van der Waals surface area contributed by atoms with Gasteiger partial charge in [0.2, 0.25) is 11.8 Å². The molecule has 2 fully saturated rings. The Morgan fingerprint density at radius 3 is 2.43 bits per heavy atom. The van der Waals surface area contributed by atoms with E-state index in [0.29, 0.717) is 18.4 Å². The summed E-state index contributed by atoms with van der Waals surface area (Å²) in [6.07, 6.45) is -5.14. The molecule has 2 saturated heterocycles. The number of carbonyl (C=O) groups excluding carboxylic acids is 3. The number of fused-ring (bicyclic) bond motifs is 2. The van der Waals surface area contributed by atoms with Crippen molar-refractivity contribution in [2.24, 2.45) is 0 Å². The van der Waals surface area contributed by atoms with Gasteiger partial charge in [-0.05, 0) is 41.8 Å². The maximum Gasteiger partial charge on any atom is 0.338 e. The van der Waals surface area contributed by atoms with Gasteiger partial charge in [-0.3, -0.25) is 9.59 Å². The monoisotopic (exact) mass is 754 g/mol. The summed E-state index contributed by atoms with van der Waals surface area (Å²) < 4.78 is 29.9. The maximum absolute atomic E-state index is 13.7. The Hall–Kier alpha value is -4.07. The van der Waals surface area contributed by atoms with Crippen molar-refractivity contribution in [1.29, 1.82) is 0 Å². The lowest BCUT2D eigenvalue weighted by Gasteiger charge is -2.39. The SMILES string of the molecule is CC(O)C(NC(=O)C1=CC2OC3(Cc4ccccc4C3)OC2C(OC(=O)c2cccc(C=CCOC3OC(CO)C(O)C(O)C3O)c2)C1)C(=O)NCCO. The molecule has 6 rings (SSSR count). The molecule has 2 aliphatic carbocycles. The van der Waals surface area contributed by atoms with E-state index >= 15 is 0 Å². The molecule has 2 aromatic rings. The molecule has 4 aliphatic rings. The van der Waals surface area contributed by atoms with Crippen molar-refractivity contribution in [1.82, 2.24) is 10.6 Å². The average Bonchev–Trinajstić information content (AvgIpc) is 3.72. The third kappa shape index (κ3) is 8.74. The van der Waals surface area contributed by atoms with E-state index < -0.39 is 91.3 Å². The van der Waals surface area contributed by atoms with Crippen molar-refractivity contribution in [2.75, 3.05) is 26.4 Å². The molecule has 16 nitrogen and oxygen atoms in total. The number of aliphatic hydroxyl groups excluding tert-OH is 6. The highest BCUT2D eigenvalue weighted by molar-refractivity contribution is 5.97. The van der Waals surface area contributed by atoms with Crippen LogP contribution in [0.3, 0.4) is 0 Å². The number of carbonyl (C=O) groups is 3. The highest BCUT2D eigenvalue weighted by Crippen LogP contribution is 2.45. The van der Waals surface area contributed by atoms with E-state index in [2.05, 4.69) is 10.6 Å². The van der Waals surface area contributed by atoms with E-state index in [9.17, 15) is 39.9 Å². The molecule has 1 spiro atoms. The van der Waals surface area contributed by atoms with Crippen LogP contribution in [0, 0.1) is 0 Å². The van der Waals surface area contributed by atoms with Gasteiger partial charge in [-0.2, -0.15) is 0 Å². The van der Waals surface area contributed by atoms with Crippen LogP contribution in [0.25, 0.3) is 6.08 Å². The first kappa shape index (κ1) is 39.6. The minimum Gasteiger partial charge on any atom is -0.456 e. The number of benzene rings is 2. The number of rotatable bonds is 13. The largest absolute Gasteiger partial charge is 0.456 e. The van der Waals surface area contributed by atoms with Gasteiger partial charge in [0.1, 0.15) is 48.8 Å². The molecular formula is C38H46N2O14. The summed E-state index contributed by atoms with van der Waals surface area (Å²) in [5.74, 6) is -3.09. The maximum atomic E-state index is 13.7. The van der Waals surface area contributed by atoms with E-state index in [1.165, 1.54) is 6.92 Å². The van der Waals surface area contributed by atoms with E-state index in [1.807, 2.05) is 24.3 Å². The van der Waals surface area contributed by atoms with Crippen LogP contribution in [0.1, 0.15) is 40.4 Å². The highest BCUT2D eigenvalue weighted by atomic mass is 16.8. The lowest BCUT2D eigenvalue weighted by Crippen LogP contribution is -2.59. The van der Waals surface area contributed by atoms with Crippen molar-refractivity contribution in [3.8, 4) is 0 Å². The van der Waals surface area contributed by atoms with Gasteiger partial charge in [0.15, 0.2) is 12.1 Å². The number of hydrogen-bond acceptors (Lipinski definition) is 14. The standard InChI is InChI=1S/C38H46N2O14/c1-20(43)29(35(48)39-11-12-41)40-34(47)25-15-26(33-27(16-25)53-38(54-33)17-23-8-2-3-9-24(23)18-38)51-36(49)22-10-4-6-21(14-22)7-5-13-50-37-32(46)31(45)30(44)28(19-42)52-37/h2-10,14,16,20,26-33,37,41-46H,11-13,15,17-19H2,1H3,(H,39,48)(H,40,47). The number of amides is 2. The summed E-state index contributed by atoms with van der Waals surface area (Å²) in [4.78, 5) is 39.9. The van der Waals surface area contributed by atoms with E-state index in [0.717, 1.165) is 11.1 Å². The van der Waals surface area contributed by atoms with Crippen molar-refractivity contribution in [3.05, 3.63) is 88.5 Å². The molecule has 54 heavy (non-hydrogen) atoms. The minimum absolute atomic E-state index is 0.0645. The first-order valence-electron chi connectivity index (χ1n) is 17.8. The number of aliphatic hydroxyl groups is 6. The number of ether oxygens (including phenoxy) is 5. The predicted octanol–water partition coefficient (Wildman–Crippen LogP) is -1.37. The fourth-order valence-corrected chi connectivity index (χ4v) is 7.11. The lowest BCUT2D eigenvalue weighted by molar-refractivity contribution is -0.298. The Labute approximate surface area is 310 Å². The summed E-state index contributed by atoms with van der Waals surface area (Å²) in [5.41, 5.74) is 3.07. The molecule has 292 valence electrons. The smallest absolute Gasteiger partial charge is 0.338 e. The van der Waals surface area contributed by atoms with Crippen LogP contribution < -0.4 is 10.6 Å². The fourth-order valence-electron chi connectivity index (χ4n) is 7.11. The third-order valence-electron chi connectivity index (χ3n) is 9.87. The van der Waals surface area contributed by atoms with Gasteiger partial charge in [-0.1, -0.05) is 48.6 Å². The van der Waals surface area contributed by atoms with Gasteiger partial charge in [-0.15, -0.1) is 0 Å². The molecule has 0 bridgehead atoms. The second kappa shape index (κ2) is 17.2. The van der Waals surface area contributed by atoms with E-state index in [-0.39, 0.29) is 37.3 Å². The molecule has 16 heteroatoms. The van der Waals surface area contributed by atoms with Crippen LogP contribution in [0.5, 0.6) is 0 Å². The number of nitrogens with one attached hydrogen (secondary N) is 2. The van der Waals surface area contributed by atoms with E-state index in [1.54, 1.807) is 42.5 Å². The lowest BCUT2D eigenvalue weighted by atomic mass is 9.91. The van der Waals surface area contributed by atoms with Crippen LogP contribution >= 0.6 is 0 Å². The molecule has 8 N–H and O–H groups in total. The third-order valence-corrected chi connectivity index (χ3v) is 9.87. The van der Waals surface area contributed by atoms with Crippen molar-refractivity contribution in [3.63, 3.8) is 0 Å². The Morgan fingerprint density at radius 2 is 1.74 bits per heavy atom. The van der Waals surface area contributed by atoms with Crippen molar-refractivity contribution >= 4 is 23.9 Å². The molecule has 0 aromatic heterocycles. The van der Waals surface area contributed by atoms with Crippen molar-refractivity contribution in [2.45, 2.75) is 93.1 Å². The van der Waals surface area contributed by atoms with Crippen LogP contribution in [0.15, 0.2) is 66.3 Å². The van der Waals surface area contributed by atoms with Crippen LogP contribution in [-0.2, 0) is 46.1 Å². The summed E-state index contributed by atoms with van der Waals surface area (Å²) in [6, 6.07) is 13.0. The summed E-state index contributed by atoms with van der Waals surface area (Å²) >= 11 is 0. The molecular weight excluding hydrogens is 708 g/mol. The first-order chi connectivity index (χ1) is 25.9. The molecule has 2 amide bonds. The molecule has 2 aliphatic heterocycles. The second-order valence-corrected chi connectivity index (χ2v) is 13.8. The Morgan fingerprint density at radius 1 is 1.00 bits per heavy atom. The van der Waals surface area contributed by atoms with Crippen LogP contribution in [0.2, 0.25) is 0 Å². The average molecular weight is 755 g/mol. The molecule has 0 radical (unpaired) electrons. The zero-order valence-electron chi connectivity index (χ0n) is 29.5. The first-order valence-corrected chi connectivity index (χ1v) is 17.8. The van der Waals surface area contributed by atoms with Crippen molar-refractivity contribution < 1.29 is 68.7 Å². The van der Waals surface area contributed by atoms with Crippen LogP contribution in [-0.4, -0.2) is 142 Å². The number of esters is 1. The van der Waals surface area contributed by atoms with Gasteiger partial charge in [0.05, 0.1) is 31.5 Å². The predicted molar refractivity (Wildman–Crippen MR) is 187 cm³/mol. The summed E-state index contributed by atoms with van der Waals surface area (Å²) in [7, 11) is 0. The zero-order valence-corrected chi connectivity index (χ0v) is 29.5. The molecule has 2 aromatic carbocycles. The quantitative estimate of drug-likeness (QED) is 0.110. The summed E-state index contributed by atoms with van der Waals surface area (Å²) in [6.45, 7) is 0.298. The van der Waals surface area contributed by atoms with Gasteiger partial charge < -0.3 is 65.0 Å². The molecule has 2 heterocycles. The molecule has 10 atom stereocenters. The van der Waals surface area contributed by atoms with Gasteiger partial charge in [0.25, 0.3) is 0 Å². The Balaban J connectivity index is 1.15. The molecule has 0 saturated carbocycles. The number of hydrogen-bond donors (Lipinski definition) is 8. The van der Waals surface area contributed by atoms with Gasteiger partial charge >= 0.3 is 5.97 Å². The van der Waals surface area contributed by atoms with E-state index in [4.69, 9.17) is 28.8 Å². The Bertz CT molecular complexity index is 1700. The van der Waals surface area contributed by atoms with Gasteiger partial charge in [0, 0.05) is 31.4 Å². The second-order valence-electron chi connectivity index (χ2n) is 13.8. The highest BCUT2D eigenvalue weighted by Gasteiger charge is 2.55. The minimum atomic E-state index is -1.57. The fraction of sp³-hybridized carbons (Fsp3) is 0.500.